The zero-order chi connectivity index (χ0) is 24.1. The minimum absolute atomic E-state index is 0.106. The molecule has 0 aliphatic carbocycles. The number of nitrogens with one attached hydrogen (secondary N) is 1. The molecule has 34 heavy (non-hydrogen) atoms. The molecule has 0 spiro atoms. The first-order valence-corrected chi connectivity index (χ1v) is 11.7. The van der Waals surface area contributed by atoms with E-state index in [0.29, 0.717) is 30.3 Å². The maximum absolute atomic E-state index is 13.5. The first-order valence-electron chi connectivity index (χ1n) is 11.7. The van der Waals surface area contributed by atoms with Gasteiger partial charge >= 0.3 is 0 Å². The van der Waals surface area contributed by atoms with Crippen LogP contribution in [-0.2, 0) is 11.2 Å². The van der Waals surface area contributed by atoms with E-state index in [4.69, 9.17) is 4.98 Å². The van der Waals surface area contributed by atoms with Gasteiger partial charge in [0.1, 0.15) is 23.1 Å². The van der Waals surface area contributed by atoms with E-state index < -0.39 is 5.91 Å². The lowest BCUT2D eigenvalue weighted by Gasteiger charge is -2.32. The molecule has 1 amide bonds. The minimum Gasteiger partial charge on any atom is -0.356 e. The van der Waals surface area contributed by atoms with Crippen molar-refractivity contribution in [3.63, 3.8) is 0 Å². The lowest BCUT2D eigenvalue weighted by Crippen LogP contribution is -2.37. The van der Waals surface area contributed by atoms with E-state index >= 15 is 0 Å². The summed E-state index contributed by atoms with van der Waals surface area (Å²) in [6.07, 6.45) is 5.85. The summed E-state index contributed by atoms with van der Waals surface area (Å²) in [6.45, 7) is 6.06. The molecule has 0 unspecified atom stereocenters. The number of rotatable bonds is 6. The second kappa shape index (κ2) is 10.3. The Hall–Kier alpha value is -3.92. The topological polar surface area (TPSA) is 90.5 Å². The van der Waals surface area contributed by atoms with Gasteiger partial charge in [-0.15, -0.1) is 0 Å². The molecule has 2 aromatic heterocycles. The number of aromatic nitrogens is 2. The predicted octanol–water partition coefficient (Wildman–Crippen LogP) is 3.51. The molecule has 1 aliphatic rings. The van der Waals surface area contributed by atoms with E-state index in [0.717, 1.165) is 37.1 Å². The predicted molar refractivity (Wildman–Crippen MR) is 134 cm³/mol. The highest BCUT2D eigenvalue weighted by Gasteiger charge is 2.24. The number of fused-ring (bicyclic) bond motifs is 1. The van der Waals surface area contributed by atoms with Crippen LogP contribution in [0.3, 0.4) is 0 Å². The van der Waals surface area contributed by atoms with Gasteiger partial charge in [0.25, 0.3) is 11.5 Å². The molecule has 1 aliphatic heterocycles. The van der Waals surface area contributed by atoms with Crippen LogP contribution in [0.5, 0.6) is 0 Å². The van der Waals surface area contributed by atoms with E-state index in [1.54, 1.807) is 12.3 Å². The fraction of sp³-hybridized carbons (Fsp3) is 0.333. The molecule has 3 aromatic rings. The van der Waals surface area contributed by atoms with E-state index in [2.05, 4.69) is 17.1 Å². The van der Waals surface area contributed by atoms with Crippen molar-refractivity contribution in [2.45, 2.75) is 33.1 Å². The fourth-order valence-electron chi connectivity index (χ4n) is 4.40. The standard InChI is InChI=1S/C27H29N5O2/c1-19-8-6-14-31(18-19)25-23(27(34)32-15-7-9-20(2)24(32)30-25)16-22(17-28)26(33)29-13-12-21-10-4-3-5-11-21/h3-5,7,9-11,15-16,19H,6,8,12-14,18H2,1-2H3,(H,29,33)/b22-16+/t19-/m1/s1. The van der Waals surface area contributed by atoms with Crippen molar-refractivity contribution in [3.05, 3.63) is 81.3 Å². The number of carbonyl (C=O) groups excluding carboxylic acids is 1. The van der Waals surface area contributed by atoms with Crippen molar-refractivity contribution < 1.29 is 4.79 Å². The number of hydrogen-bond donors (Lipinski definition) is 1. The number of nitrogens with zero attached hydrogens (tertiary/aromatic N) is 4. The lowest BCUT2D eigenvalue weighted by atomic mass is 10.00. The maximum Gasteiger partial charge on any atom is 0.267 e. The van der Waals surface area contributed by atoms with E-state index in [-0.39, 0.29) is 16.7 Å². The summed E-state index contributed by atoms with van der Waals surface area (Å²) in [5.41, 5.74) is 2.45. The van der Waals surface area contributed by atoms with Crippen molar-refractivity contribution in [1.29, 1.82) is 5.26 Å². The molecule has 1 saturated heterocycles. The zero-order valence-electron chi connectivity index (χ0n) is 19.6. The van der Waals surface area contributed by atoms with Gasteiger partial charge in [-0.2, -0.15) is 5.26 Å². The number of carbonyl (C=O) groups is 1. The monoisotopic (exact) mass is 455 g/mol. The number of aryl methyl sites for hydroxylation is 1. The number of piperidine rings is 1. The van der Waals surface area contributed by atoms with E-state index in [1.165, 1.54) is 10.5 Å². The van der Waals surface area contributed by atoms with Crippen molar-refractivity contribution in [2.24, 2.45) is 5.92 Å². The second-order valence-electron chi connectivity index (χ2n) is 8.89. The number of amides is 1. The Bertz CT molecular complexity index is 1320. The molecular weight excluding hydrogens is 426 g/mol. The Morgan fingerprint density at radius 1 is 1.26 bits per heavy atom. The average Bonchev–Trinajstić information content (AvgIpc) is 2.84. The quantitative estimate of drug-likeness (QED) is 0.454. The normalized spacial score (nSPS) is 16.3. The van der Waals surface area contributed by atoms with Crippen LogP contribution in [0.25, 0.3) is 11.7 Å². The van der Waals surface area contributed by atoms with Gasteiger partial charge in [0, 0.05) is 25.8 Å². The van der Waals surface area contributed by atoms with Crippen LogP contribution in [0.15, 0.2) is 59.0 Å². The Morgan fingerprint density at radius 3 is 2.79 bits per heavy atom. The van der Waals surface area contributed by atoms with Gasteiger partial charge in [0.2, 0.25) is 0 Å². The molecule has 1 aromatic carbocycles. The molecule has 0 saturated carbocycles. The summed E-state index contributed by atoms with van der Waals surface area (Å²) in [7, 11) is 0. The van der Waals surface area contributed by atoms with E-state index in [1.807, 2.05) is 49.4 Å². The molecular formula is C27H29N5O2. The summed E-state index contributed by atoms with van der Waals surface area (Å²) in [5, 5.41) is 12.5. The minimum atomic E-state index is -0.495. The lowest BCUT2D eigenvalue weighted by molar-refractivity contribution is -0.117. The van der Waals surface area contributed by atoms with Gasteiger partial charge in [0.15, 0.2) is 0 Å². The third-order valence-electron chi connectivity index (χ3n) is 6.22. The average molecular weight is 456 g/mol. The molecule has 7 heteroatoms. The molecule has 4 rings (SSSR count). The number of benzene rings is 1. The van der Waals surface area contributed by atoms with Crippen molar-refractivity contribution >= 4 is 23.4 Å². The van der Waals surface area contributed by atoms with Crippen LogP contribution in [-0.4, -0.2) is 34.9 Å². The number of pyridine rings is 1. The van der Waals surface area contributed by atoms with Crippen molar-refractivity contribution in [2.75, 3.05) is 24.5 Å². The summed E-state index contributed by atoms with van der Waals surface area (Å²) in [4.78, 5) is 33.3. The maximum atomic E-state index is 13.5. The summed E-state index contributed by atoms with van der Waals surface area (Å²) in [5.74, 6) is 0.514. The number of anilines is 1. The molecule has 1 atom stereocenters. The smallest absolute Gasteiger partial charge is 0.267 e. The van der Waals surface area contributed by atoms with Gasteiger partial charge in [-0.1, -0.05) is 43.3 Å². The Labute approximate surface area is 199 Å². The van der Waals surface area contributed by atoms with Crippen LogP contribution in [0.4, 0.5) is 5.82 Å². The number of hydrogen-bond acceptors (Lipinski definition) is 5. The summed E-state index contributed by atoms with van der Waals surface area (Å²) >= 11 is 0. The van der Waals surface area contributed by atoms with Gasteiger partial charge in [-0.25, -0.2) is 4.98 Å². The molecule has 0 bridgehead atoms. The Morgan fingerprint density at radius 2 is 2.06 bits per heavy atom. The molecule has 1 fully saturated rings. The van der Waals surface area contributed by atoms with Crippen LogP contribution >= 0.6 is 0 Å². The molecule has 1 N–H and O–H groups in total. The van der Waals surface area contributed by atoms with Crippen LogP contribution in [0.2, 0.25) is 0 Å². The second-order valence-corrected chi connectivity index (χ2v) is 8.89. The fourth-order valence-corrected chi connectivity index (χ4v) is 4.40. The van der Waals surface area contributed by atoms with Crippen molar-refractivity contribution in [3.8, 4) is 6.07 Å². The molecule has 7 nitrogen and oxygen atoms in total. The zero-order valence-corrected chi connectivity index (χ0v) is 19.6. The highest BCUT2D eigenvalue weighted by Crippen LogP contribution is 2.25. The first kappa shape index (κ1) is 23.2. The van der Waals surface area contributed by atoms with Crippen LogP contribution in [0.1, 0.15) is 36.5 Å². The molecule has 0 radical (unpaired) electrons. The Balaban J connectivity index is 1.70. The van der Waals surface area contributed by atoms with Gasteiger partial charge in [0.05, 0.1) is 5.56 Å². The van der Waals surface area contributed by atoms with E-state index in [9.17, 15) is 14.9 Å². The SMILES string of the molecule is Cc1cccn2c(=O)c(/C=C(\C#N)C(=O)NCCc3ccccc3)c(N3CCC[C@@H](C)C3)nc12. The van der Waals surface area contributed by atoms with Crippen molar-refractivity contribution in [1.82, 2.24) is 14.7 Å². The highest BCUT2D eigenvalue weighted by atomic mass is 16.1. The molecule has 3 heterocycles. The Kier molecular flexibility index (Phi) is 7.07. The molecule has 174 valence electrons. The third kappa shape index (κ3) is 5.01. The third-order valence-corrected chi connectivity index (χ3v) is 6.22. The first-order chi connectivity index (χ1) is 16.5. The highest BCUT2D eigenvalue weighted by molar-refractivity contribution is 6.02. The van der Waals surface area contributed by atoms with Gasteiger partial charge in [-0.05, 0) is 55.4 Å². The van der Waals surface area contributed by atoms with Crippen LogP contribution in [0, 0.1) is 24.2 Å². The van der Waals surface area contributed by atoms with Gasteiger partial charge < -0.3 is 10.2 Å². The van der Waals surface area contributed by atoms with Crippen LogP contribution < -0.4 is 15.8 Å². The van der Waals surface area contributed by atoms with Gasteiger partial charge in [-0.3, -0.25) is 14.0 Å². The summed E-state index contributed by atoms with van der Waals surface area (Å²) < 4.78 is 1.49. The largest absolute Gasteiger partial charge is 0.356 e. The summed E-state index contributed by atoms with van der Waals surface area (Å²) in [6, 6.07) is 15.5. The number of nitriles is 1.